The number of rotatable bonds is 7. The van der Waals surface area contributed by atoms with Gasteiger partial charge >= 0.3 is 0 Å². The Kier molecular flexibility index (Phi) is 6.42. The highest BCUT2D eigenvalue weighted by molar-refractivity contribution is 5.95. The normalized spacial score (nSPS) is 11.8. The van der Waals surface area contributed by atoms with Crippen molar-refractivity contribution in [2.45, 2.75) is 26.4 Å². The molecule has 6 heteroatoms. The number of hydrogen-bond acceptors (Lipinski definition) is 3. The third kappa shape index (κ3) is 4.76. The van der Waals surface area contributed by atoms with Crippen LogP contribution in [-0.4, -0.2) is 15.7 Å². The van der Waals surface area contributed by atoms with Gasteiger partial charge in [0.25, 0.3) is 0 Å². The molecule has 0 saturated carbocycles. The van der Waals surface area contributed by atoms with Gasteiger partial charge in [0.15, 0.2) is 0 Å². The largest absolute Gasteiger partial charge is 0.324 e. The number of aryl methyl sites for hydroxylation is 1. The molecule has 0 fully saturated rings. The van der Waals surface area contributed by atoms with E-state index in [0.717, 1.165) is 28.2 Å². The highest BCUT2D eigenvalue weighted by Gasteiger charge is 2.22. The molecular weight excluding hydrogens is 403 g/mol. The summed E-state index contributed by atoms with van der Waals surface area (Å²) in [5.41, 5.74) is 5.36. The summed E-state index contributed by atoms with van der Waals surface area (Å²) >= 11 is 0. The summed E-state index contributed by atoms with van der Waals surface area (Å²) in [6.07, 6.45) is 0. The molecule has 1 heterocycles. The van der Waals surface area contributed by atoms with E-state index in [1.807, 2.05) is 79.2 Å². The molecule has 4 aromatic rings. The van der Waals surface area contributed by atoms with Gasteiger partial charge in [-0.05, 0) is 55.8 Å². The van der Waals surface area contributed by atoms with Gasteiger partial charge in [-0.1, -0.05) is 48.5 Å². The Morgan fingerprint density at radius 3 is 2.22 bits per heavy atom. The van der Waals surface area contributed by atoms with Gasteiger partial charge in [-0.15, -0.1) is 0 Å². The van der Waals surface area contributed by atoms with Crippen LogP contribution in [0.1, 0.15) is 28.6 Å². The van der Waals surface area contributed by atoms with Crippen LogP contribution in [0.4, 0.5) is 10.1 Å². The van der Waals surface area contributed by atoms with Gasteiger partial charge < -0.3 is 5.32 Å². The lowest BCUT2D eigenvalue weighted by Gasteiger charge is -2.19. The minimum atomic E-state index is -0.583. The molecule has 0 radical (unpaired) electrons. The first-order chi connectivity index (χ1) is 15.5. The van der Waals surface area contributed by atoms with Crippen LogP contribution >= 0.6 is 0 Å². The van der Waals surface area contributed by atoms with Gasteiger partial charge in [0.05, 0.1) is 11.4 Å². The monoisotopic (exact) mass is 428 g/mol. The first-order valence-corrected chi connectivity index (χ1v) is 10.5. The molecule has 0 spiro atoms. The standard InChI is InChI=1S/C26H25FN4O/c1-18-24(19(2)31(30-18)23-11-7-4-8-12-23)17-28-25(20-9-5-3-6-10-20)26(32)29-22-15-13-21(27)14-16-22/h3-16,25,28H,17H2,1-2H3,(H,29,32)/t25-/m0/s1. The van der Waals surface area contributed by atoms with E-state index in [9.17, 15) is 9.18 Å². The summed E-state index contributed by atoms with van der Waals surface area (Å²) in [6, 6.07) is 24.7. The summed E-state index contributed by atoms with van der Waals surface area (Å²) < 4.78 is 15.1. The predicted octanol–water partition coefficient (Wildman–Crippen LogP) is 5.10. The van der Waals surface area contributed by atoms with Crippen molar-refractivity contribution in [3.63, 3.8) is 0 Å². The SMILES string of the molecule is Cc1nn(-c2ccccc2)c(C)c1CN[C@H](C(=O)Nc1ccc(F)cc1)c1ccccc1. The molecule has 1 atom stereocenters. The third-order valence-corrected chi connectivity index (χ3v) is 5.43. The Bertz CT molecular complexity index is 1190. The Labute approximate surface area is 186 Å². The molecule has 32 heavy (non-hydrogen) atoms. The minimum absolute atomic E-state index is 0.214. The first kappa shape index (κ1) is 21.5. The fraction of sp³-hybridized carbons (Fsp3) is 0.154. The quantitative estimate of drug-likeness (QED) is 0.431. The van der Waals surface area contributed by atoms with Crippen LogP contribution < -0.4 is 10.6 Å². The topological polar surface area (TPSA) is 59.0 Å². The second-order valence-corrected chi connectivity index (χ2v) is 7.62. The lowest BCUT2D eigenvalue weighted by Crippen LogP contribution is -2.33. The second kappa shape index (κ2) is 9.58. The Morgan fingerprint density at radius 2 is 1.56 bits per heavy atom. The molecule has 0 saturated heterocycles. The summed E-state index contributed by atoms with van der Waals surface area (Å²) in [7, 11) is 0. The summed E-state index contributed by atoms with van der Waals surface area (Å²) in [5.74, 6) is -0.560. The Hall–Kier alpha value is -3.77. The van der Waals surface area contributed by atoms with Gasteiger partial charge in [0, 0.05) is 23.5 Å². The Balaban J connectivity index is 1.57. The second-order valence-electron chi connectivity index (χ2n) is 7.62. The van der Waals surface area contributed by atoms with Crippen molar-refractivity contribution in [2.24, 2.45) is 0 Å². The maximum atomic E-state index is 13.2. The van der Waals surface area contributed by atoms with E-state index in [-0.39, 0.29) is 11.7 Å². The van der Waals surface area contributed by atoms with E-state index in [0.29, 0.717) is 12.2 Å². The van der Waals surface area contributed by atoms with Gasteiger partial charge in [0.1, 0.15) is 11.9 Å². The first-order valence-electron chi connectivity index (χ1n) is 10.5. The van der Waals surface area contributed by atoms with Gasteiger partial charge in [-0.3, -0.25) is 10.1 Å². The molecular formula is C26H25FN4O. The number of carbonyl (C=O) groups excluding carboxylic acids is 1. The van der Waals surface area contributed by atoms with E-state index in [2.05, 4.69) is 10.6 Å². The number of anilines is 1. The molecule has 3 aromatic carbocycles. The lowest BCUT2D eigenvalue weighted by molar-refractivity contribution is -0.118. The summed E-state index contributed by atoms with van der Waals surface area (Å²) in [6.45, 7) is 4.47. The molecule has 0 aliphatic heterocycles. The molecule has 0 aliphatic carbocycles. The number of hydrogen-bond donors (Lipinski definition) is 2. The molecule has 0 aliphatic rings. The number of benzene rings is 3. The van der Waals surface area contributed by atoms with E-state index in [1.54, 1.807) is 12.1 Å². The van der Waals surface area contributed by atoms with Crippen LogP contribution in [0.15, 0.2) is 84.9 Å². The highest BCUT2D eigenvalue weighted by Crippen LogP contribution is 2.21. The number of para-hydroxylation sites is 1. The average Bonchev–Trinajstić information content (AvgIpc) is 3.10. The number of halogens is 1. The molecule has 5 nitrogen and oxygen atoms in total. The third-order valence-electron chi connectivity index (χ3n) is 5.43. The maximum Gasteiger partial charge on any atom is 0.246 e. The zero-order chi connectivity index (χ0) is 22.5. The molecule has 0 unspecified atom stereocenters. The number of nitrogens with one attached hydrogen (secondary N) is 2. The van der Waals surface area contributed by atoms with E-state index in [4.69, 9.17) is 5.10 Å². The fourth-order valence-corrected chi connectivity index (χ4v) is 3.71. The summed E-state index contributed by atoms with van der Waals surface area (Å²) in [5, 5.41) is 11.0. The predicted molar refractivity (Wildman–Crippen MR) is 124 cm³/mol. The van der Waals surface area contributed by atoms with Crippen molar-refractivity contribution in [3.05, 3.63) is 113 Å². The van der Waals surface area contributed by atoms with Crippen LogP contribution in [0.2, 0.25) is 0 Å². The van der Waals surface area contributed by atoms with E-state index < -0.39 is 6.04 Å². The smallest absolute Gasteiger partial charge is 0.246 e. The number of amides is 1. The van der Waals surface area contributed by atoms with Crippen molar-refractivity contribution < 1.29 is 9.18 Å². The molecule has 2 N–H and O–H groups in total. The number of carbonyl (C=O) groups is 1. The molecule has 162 valence electrons. The van der Waals surface area contributed by atoms with Crippen LogP contribution in [0.5, 0.6) is 0 Å². The van der Waals surface area contributed by atoms with E-state index in [1.165, 1.54) is 12.1 Å². The average molecular weight is 429 g/mol. The molecule has 1 aromatic heterocycles. The number of aromatic nitrogens is 2. The van der Waals surface area contributed by atoms with Crippen LogP contribution in [0.25, 0.3) is 5.69 Å². The van der Waals surface area contributed by atoms with Gasteiger partial charge in [-0.2, -0.15) is 5.10 Å². The van der Waals surface area contributed by atoms with Crippen LogP contribution in [0.3, 0.4) is 0 Å². The van der Waals surface area contributed by atoms with Crippen molar-refractivity contribution in [1.29, 1.82) is 0 Å². The van der Waals surface area contributed by atoms with Crippen LogP contribution in [-0.2, 0) is 11.3 Å². The zero-order valence-electron chi connectivity index (χ0n) is 18.0. The number of nitrogens with zero attached hydrogens (tertiary/aromatic N) is 2. The Morgan fingerprint density at radius 1 is 0.938 bits per heavy atom. The van der Waals surface area contributed by atoms with Crippen molar-refractivity contribution in [2.75, 3.05) is 5.32 Å². The molecule has 4 rings (SSSR count). The van der Waals surface area contributed by atoms with Gasteiger partial charge in [0.2, 0.25) is 5.91 Å². The van der Waals surface area contributed by atoms with Gasteiger partial charge in [-0.25, -0.2) is 9.07 Å². The van der Waals surface area contributed by atoms with E-state index >= 15 is 0 Å². The zero-order valence-corrected chi connectivity index (χ0v) is 18.0. The summed E-state index contributed by atoms with van der Waals surface area (Å²) in [4.78, 5) is 13.1. The molecule has 0 bridgehead atoms. The fourth-order valence-electron chi connectivity index (χ4n) is 3.71. The van der Waals surface area contributed by atoms with Crippen molar-refractivity contribution in [3.8, 4) is 5.69 Å². The lowest BCUT2D eigenvalue weighted by atomic mass is 10.0. The van der Waals surface area contributed by atoms with Crippen LogP contribution in [0, 0.1) is 19.7 Å². The highest BCUT2D eigenvalue weighted by atomic mass is 19.1. The maximum absolute atomic E-state index is 13.2. The minimum Gasteiger partial charge on any atom is -0.324 e. The van der Waals surface area contributed by atoms with Crippen molar-refractivity contribution in [1.82, 2.24) is 15.1 Å². The molecule has 1 amide bonds. The van der Waals surface area contributed by atoms with Crippen molar-refractivity contribution >= 4 is 11.6 Å².